The van der Waals surface area contributed by atoms with Crippen LogP contribution in [0.25, 0.3) is 0 Å². The third-order valence-corrected chi connectivity index (χ3v) is 9.75. The molecular weight excluding hydrogens is 495 g/mol. The Morgan fingerprint density at radius 1 is 0.757 bits per heavy atom. The van der Waals surface area contributed by atoms with Gasteiger partial charge in [0, 0.05) is 12.1 Å². The van der Waals surface area contributed by atoms with E-state index in [-0.39, 0.29) is 4.75 Å². The summed E-state index contributed by atoms with van der Waals surface area (Å²) in [5.41, 5.74) is 3.81. The lowest BCUT2D eigenvalue weighted by molar-refractivity contribution is 0.177. The van der Waals surface area contributed by atoms with E-state index in [9.17, 15) is 0 Å². The normalized spacial score (nSPS) is 12.7. The van der Waals surface area contributed by atoms with Gasteiger partial charge in [0.05, 0.1) is 30.5 Å². The SMILES string of the molecule is CC(C)N(C(C)C)P(OCCC#N)OCCCSC(c1ccccc1)(c1ccccc1)c1ccccc1. The van der Waals surface area contributed by atoms with Crippen molar-refractivity contribution in [2.75, 3.05) is 19.0 Å². The van der Waals surface area contributed by atoms with Crippen molar-refractivity contribution in [2.45, 2.75) is 57.4 Å². The van der Waals surface area contributed by atoms with Crippen molar-refractivity contribution in [3.05, 3.63) is 108 Å². The van der Waals surface area contributed by atoms with E-state index in [0.29, 0.717) is 31.7 Å². The lowest BCUT2D eigenvalue weighted by Gasteiger charge is -2.36. The molecule has 196 valence electrons. The number of nitrogens with zero attached hydrogens (tertiary/aromatic N) is 2. The molecule has 0 amide bonds. The summed E-state index contributed by atoms with van der Waals surface area (Å²) >= 11 is 1.95. The van der Waals surface area contributed by atoms with Crippen molar-refractivity contribution in [1.29, 1.82) is 5.26 Å². The van der Waals surface area contributed by atoms with Crippen LogP contribution in [0.2, 0.25) is 0 Å². The van der Waals surface area contributed by atoms with Gasteiger partial charge in [-0.1, -0.05) is 91.0 Å². The van der Waals surface area contributed by atoms with Gasteiger partial charge >= 0.3 is 0 Å². The predicted molar refractivity (Wildman–Crippen MR) is 157 cm³/mol. The highest BCUT2D eigenvalue weighted by molar-refractivity contribution is 8.00. The maximum atomic E-state index is 8.96. The van der Waals surface area contributed by atoms with Crippen LogP contribution < -0.4 is 0 Å². The monoisotopic (exact) mass is 534 g/mol. The van der Waals surface area contributed by atoms with Crippen molar-refractivity contribution in [2.24, 2.45) is 0 Å². The van der Waals surface area contributed by atoms with Gasteiger partial charge in [0.25, 0.3) is 8.53 Å². The molecule has 0 radical (unpaired) electrons. The zero-order valence-corrected chi connectivity index (χ0v) is 24.1. The van der Waals surface area contributed by atoms with Crippen molar-refractivity contribution < 1.29 is 9.05 Å². The van der Waals surface area contributed by atoms with E-state index < -0.39 is 8.53 Å². The minimum atomic E-state index is -1.22. The first kappa shape index (κ1) is 29.4. The number of rotatable bonds is 15. The summed E-state index contributed by atoms with van der Waals surface area (Å²) in [5, 5.41) is 8.96. The molecule has 0 aromatic heterocycles. The average molecular weight is 535 g/mol. The molecule has 0 N–H and O–H groups in total. The van der Waals surface area contributed by atoms with Crippen molar-refractivity contribution in [3.8, 4) is 6.07 Å². The van der Waals surface area contributed by atoms with E-state index in [1.54, 1.807) is 0 Å². The fourth-order valence-corrected chi connectivity index (χ4v) is 7.61. The topological polar surface area (TPSA) is 45.5 Å². The molecule has 0 aliphatic carbocycles. The molecule has 0 heterocycles. The van der Waals surface area contributed by atoms with Gasteiger partial charge < -0.3 is 9.05 Å². The second kappa shape index (κ2) is 15.3. The van der Waals surface area contributed by atoms with E-state index in [4.69, 9.17) is 14.3 Å². The Kier molecular flexibility index (Phi) is 12.1. The largest absolute Gasteiger partial charge is 0.322 e. The van der Waals surface area contributed by atoms with Crippen LogP contribution in [-0.2, 0) is 13.8 Å². The Morgan fingerprint density at radius 3 is 1.59 bits per heavy atom. The second-order valence-corrected chi connectivity index (χ2v) is 12.1. The molecule has 1 unspecified atom stereocenters. The molecule has 1 atom stereocenters. The molecule has 3 aromatic rings. The highest BCUT2D eigenvalue weighted by Gasteiger charge is 2.36. The molecule has 6 heteroatoms. The van der Waals surface area contributed by atoms with Gasteiger partial charge in [0.1, 0.15) is 0 Å². The number of thioether (sulfide) groups is 1. The van der Waals surface area contributed by atoms with Gasteiger partial charge in [-0.2, -0.15) is 5.26 Å². The lowest BCUT2D eigenvalue weighted by Crippen LogP contribution is -2.33. The summed E-state index contributed by atoms with van der Waals surface area (Å²) < 4.78 is 14.4. The first-order valence-electron chi connectivity index (χ1n) is 13.0. The summed E-state index contributed by atoms with van der Waals surface area (Å²) in [6.45, 7) is 9.65. The van der Waals surface area contributed by atoms with E-state index in [1.165, 1.54) is 16.7 Å². The molecular formula is C31H39N2O2PS. The summed E-state index contributed by atoms with van der Waals surface area (Å²) in [6, 6.07) is 35.1. The smallest absolute Gasteiger partial charge is 0.259 e. The van der Waals surface area contributed by atoms with Crippen molar-refractivity contribution in [3.63, 3.8) is 0 Å². The van der Waals surface area contributed by atoms with Gasteiger partial charge in [-0.15, -0.1) is 11.8 Å². The van der Waals surface area contributed by atoms with E-state index >= 15 is 0 Å². The van der Waals surface area contributed by atoms with Crippen molar-refractivity contribution in [1.82, 2.24) is 4.67 Å². The van der Waals surface area contributed by atoms with Gasteiger partial charge in [-0.25, -0.2) is 4.67 Å². The molecule has 3 aromatic carbocycles. The van der Waals surface area contributed by atoms with E-state index in [2.05, 4.69) is 129 Å². The summed E-state index contributed by atoms with van der Waals surface area (Å²) in [5.74, 6) is 0.920. The van der Waals surface area contributed by atoms with Crippen LogP contribution in [0.3, 0.4) is 0 Å². The van der Waals surface area contributed by atoms with E-state index in [0.717, 1.165) is 12.2 Å². The number of nitriles is 1. The van der Waals surface area contributed by atoms with Crippen LogP contribution in [0.5, 0.6) is 0 Å². The summed E-state index contributed by atoms with van der Waals surface area (Å²) in [7, 11) is -1.22. The Balaban J connectivity index is 1.79. The van der Waals surface area contributed by atoms with E-state index in [1.807, 2.05) is 11.8 Å². The van der Waals surface area contributed by atoms with Gasteiger partial charge in [-0.3, -0.25) is 0 Å². The number of hydrogen-bond donors (Lipinski definition) is 0. The molecule has 0 aliphatic rings. The third-order valence-electron chi connectivity index (χ3n) is 6.01. The molecule has 37 heavy (non-hydrogen) atoms. The zero-order chi connectivity index (χ0) is 26.5. The van der Waals surface area contributed by atoms with Crippen LogP contribution in [0.4, 0.5) is 0 Å². The standard InChI is InChI=1S/C31H39N2O2PS/c1-26(2)33(27(3)4)36(34-23-14-22-32)35-24-15-25-37-31(28-16-8-5-9-17-28,29-18-10-6-11-19-29)30-20-12-7-13-21-30/h5-13,16-21,26-27H,14-15,23-25H2,1-4H3. The molecule has 3 rings (SSSR count). The zero-order valence-electron chi connectivity index (χ0n) is 22.4. The highest BCUT2D eigenvalue weighted by atomic mass is 32.2. The fraction of sp³-hybridized carbons (Fsp3) is 0.387. The van der Waals surface area contributed by atoms with Gasteiger partial charge in [0.2, 0.25) is 0 Å². The minimum absolute atomic E-state index is 0.296. The molecule has 0 saturated carbocycles. The summed E-state index contributed by atoms with van der Waals surface area (Å²) in [6.07, 6.45) is 1.26. The second-order valence-electron chi connectivity index (χ2n) is 9.36. The average Bonchev–Trinajstić information content (AvgIpc) is 2.92. The van der Waals surface area contributed by atoms with Gasteiger partial charge in [0.15, 0.2) is 0 Å². The Hall–Kier alpha value is -2.19. The summed E-state index contributed by atoms with van der Waals surface area (Å²) in [4.78, 5) is 0. The molecule has 0 spiro atoms. The predicted octanol–water partition coefficient (Wildman–Crippen LogP) is 8.39. The third kappa shape index (κ3) is 7.90. The quantitative estimate of drug-likeness (QED) is 0.111. The van der Waals surface area contributed by atoms with Crippen LogP contribution in [0, 0.1) is 11.3 Å². The molecule has 0 fully saturated rings. The van der Waals surface area contributed by atoms with Crippen LogP contribution in [0.15, 0.2) is 91.0 Å². The number of hydrogen-bond acceptors (Lipinski definition) is 5. The molecule has 0 saturated heterocycles. The minimum Gasteiger partial charge on any atom is -0.322 e. The van der Waals surface area contributed by atoms with Crippen LogP contribution >= 0.6 is 20.3 Å². The first-order chi connectivity index (χ1) is 18.0. The fourth-order valence-electron chi connectivity index (χ4n) is 4.51. The van der Waals surface area contributed by atoms with Crippen LogP contribution in [-0.4, -0.2) is 35.7 Å². The van der Waals surface area contributed by atoms with Gasteiger partial charge in [-0.05, 0) is 56.6 Å². The molecule has 0 aliphatic heterocycles. The first-order valence-corrected chi connectivity index (χ1v) is 15.1. The highest BCUT2D eigenvalue weighted by Crippen LogP contribution is 2.49. The Morgan fingerprint density at radius 2 is 1.19 bits per heavy atom. The molecule has 4 nitrogen and oxygen atoms in total. The Labute approximate surface area is 229 Å². The lowest BCUT2D eigenvalue weighted by atomic mass is 9.84. The maximum Gasteiger partial charge on any atom is 0.259 e. The maximum absolute atomic E-state index is 8.96. The Bertz CT molecular complexity index is 970. The molecule has 0 bridgehead atoms. The van der Waals surface area contributed by atoms with Crippen molar-refractivity contribution >= 4 is 20.3 Å². The van der Waals surface area contributed by atoms with Crippen LogP contribution in [0.1, 0.15) is 57.2 Å². The number of benzene rings is 3.